The van der Waals surface area contributed by atoms with Crippen LogP contribution in [-0.2, 0) is 12.8 Å². The molecule has 7 heteroatoms. The molecule has 0 saturated heterocycles. The predicted molar refractivity (Wildman–Crippen MR) is 116 cm³/mol. The van der Waals surface area contributed by atoms with Gasteiger partial charge in [0.1, 0.15) is 17.4 Å². The number of aromatic nitrogens is 2. The normalized spacial score (nSPS) is 22.6. The molecule has 1 heterocycles. The maximum atomic E-state index is 15.0. The summed E-state index contributed by atoms with van der Waals surface area (Å²) < 4.78 is 16.6. The van der Waals surface area contributed by atoms with Gasteiger partial charge in [-0.3, -0.25) is 4.79 Å². The SMILES string of the molecule is CCc1nn(-c2cc(F)c(C#N)c(N[C@H]3CC[C@H](O)CC3)c2)c2c1C(=O)CC(C)(C)C2. The molecule has 2 N–H and O–H groups in total. The predicted octanol–water partition coefficient (Wildman–Crippen LogP) is 4.32. The quantitative estimate of drug-likeness (QED) is 0.763. The van der Waals surface area contributed by atoms with Crippen molar-refractivity contribution in [2.24, 2.45) is 5.41 Å². The number of hydrogen-bond acceptors (Lipinski definition) is 5. The van der Waals surface area contributed by atoms with Crippen LogP contribution in [0.5, 0.6) is 0 Å². The van der Waals surface area contributed by atoms with E-state index in [0.717, 1.165) is 24.2 Å². The zero-order valence-electron chi connectivity index (χ0n) is 18.3. The van der Waals surface area contributed by atoms with Gasteiger partial charge >= 0.3 is 0 Å². The van der Waals surface area contributed by atoms with Crippen molar-refractivity contribution in [3.05, 3.63) is 40.5 Å². The van der Waals surface area contributed by atoms with Crippen LogP contribution in [0.3, 0.4) is 0 Å². The van der Waals surface area contributed by atoms with Crippen LogP contribution < -0.4 is 5.32 Å². The summed E-state index contributed by atoms with van der Waals surface area (Å²) in [6.45, 7) is 6.07. The summed E-state index contributed by atoms with van der Waals surface area (Å²) in [5.74, 6) is -0.524. The highest BCUT2D eigenvalue weighted by atomic mass is 19.1. The Kier molecular flexibility index (Phi) is 5.61. The molecule has 1 saturated carbocycles. The summed E-state index contributed by atoms with van der Waals surface area (Å²) in [6.07, 6.45) is 4.37. The van der Waals surface area contributed by atoms with E-state index in [1.807, 2.05) is 13.0 Å². The number of fused-ring (bicyclic) bond motifs is 1. The average molecular weight is 425 g/mol. The minimum Gasteiger partial charge on any atom is -0.393 e. The number of nitrogens with zero attached hydrogens (tertiary/aromatic N) is 3. The van der Waals surface area contributed by atoms with Crippen LogP contribution in [0.4, 0.5) is 10.1 Å². The van der Waals surface area contributed by atoms with Gasteiger partial charge in [0, 0.05) is 18.5 Å². The fourth-order valence-corrected chi connectivity index (χ4v) is 4.87. The second-order valence-electron chi connectivity index (χ2n) is 9.59. The number of anilines is 1. The summed E-state index contributed by atoms with van der Waals surface area (Å²) >= 11 is 0. The summed E-state index contributed by atoms with van der Waals surface area (Å²) in [6, 6.07) is 5.12. The van der Waals surface area contributed by atoms with Crippen LogP contribution in [-0.4, -0.2) is 32.8 Å². The average Bonchev–Trinajstić information content (AvgIpc) is 3.07. The Labute approximate surface area is 182 Å². The molecule has 164 valence electrons. The largest absolute Gasteiger partial charge is 0.393 e. The number of rotatable bonds is 4. The van der Waals surface area contributed by atoms with Gasteiger partial charge in [-0.2, -0.15) is 10.4 Å². The highest BCUT2D eigenvalue weighted by Crippen LogP contribution is 2.38. The first kappa shape index (κ1) is 21.5. The number of aryl methyl sites for hydroxylation is 1. The van der Waals surface area contributed by atoms with E-state index in [0.29, 0.717) is 49.0 Å². The molecule has 1 fully saturated rings. The molecule has 2 aromatic rings. The number of ketones is 1. The molecule has 4 rings (SSSR count). The van der Waals surface area contributed by atoms with Crippen LogP contribution in [0.25, 0.3) is 5.69 Å². The Bertz CT molecular complexity index is 1060. The van der Waals surface area contributed by atoms with Gasteiger partial charge in [0.05, 0.1) is 34.4 Å². The van der Waals surface area contributed by atoms with Gasteiger partial charge in [-0.15, -0.1) is 0 Å². The van der Waals surface area contributed by atoms with Crippen molar-refractivity contribution < 1.29 is 14.3 Å². The monoisotopic (exact) mass is 424 g/mol. The second-order valence-corrected chi connectivity index (χ2v) is 9.59. The Morgan fingerprint density at radius 1 is 1.29 bits per heavy atom. The van der Waals surface area contributed by atoms with E-state index < -0.39 is 5.82 Å². The van der Waals surface area contributed by atoms with Crippen molar-refractivity contribution in [3.63, 3.8) is 0 Å². The first-order valence-corrected chi connectivity index (χ1v) is 11.0. The Morgan fingerprint density at radius 3 is 2.65 bits per heavy atom. The molecule has 2 aliphatic rings. The molecular formula is C24H29FN4O2. The first-order chi connectivity index (χ1) is 14.7. The van der Waals surface area contributed by atoms with Crippen molar-refractivity contribution in [1.82, 2.24) is 9.78 Å². The molecule has 0 atom stereocenters. The number of carbonyl (C=O) groups excluding carboxylic acids is 1. The smallest absolute Gasteiger partial charge is 0.167 e. The standard InChI is InChI=1S/C24H29FN4O2/c1-4-19-23-21(11-24(2,3)12-22(23)31)29(28-19)15-9-18(25)17(13-26)20(10-15)27-14-5-7-16(30)8-6-14/h9-10,14,16,27,30H,4-8,11-12H2,1-3H3/t14-,16-. The van der Waals surface area contributed by atoms with Crippen molar-refractivity contribution in [1.29, 1.82) is 5.26 Å². The molecule has 0 aliphatic heterocycles. The van der Waals surface area contributed by atoms with Crippen LogP contribution in [0.2, 0.25) is 0 Å². The van der Waals surface area contributed by atoms with E-state index in [9.17, 15) is 19.6 Å². The highest BCUT2D eigenvalue weighted by molar-refractivity contribution is 6.00. The van der Waals surface area contributed by atoms with Gasteiger partial charge in [-0.25, -0.2) is 9.07 Å². The molecule has 1 aromatic carbocycles. The van der Waals surface area contributed by atoms with Gasteiger partial charge in [0.2, 0.25) is 0 Å². The first-order valence-electron chi connectivity index (χ1n) is 11.0. The molecule has 2 aliphatic carbocycles. The molecule has 0 unspecified atom stereocenters. The lowest BCUT2D eigenvalue weighted by molar-refractivity contribution is 0.0910. The zero-order valence-corrected chi connectivity index (χ0v) is 18.3. The van der Waals surface area contributed by atoms with Gasteiger partial charge in [-0.05, 0) is 50.0 Å². The Hall–Kier alpha value is -2.72. The number of halogens is 1. The number of Topliss-reactive ketones (excluding diaryl/α,β-unsaturated/α-hetero) is 1. The summed E-state index contributed by atoms with van der Waals surface area (Å²) in [4.78, 5) is 12.8. The van der Waals surface area contributed by atoms with Crippen molar-refractivity contribution in [2.75, 3.05) is 5.32 Å². The Balaban J connectivity index is 1.78. The lowest BCUT2D eigenvalue weighted by atomic mass is 9.75. The molecule has 0 spiro atoms. The van der Waals surface area contributed by atoms with E-state index in [4.69, 9.17) is 0 Å². The van der Waals surface area contributed by atoms with Gasteiger partial charge < -0.3 is 10.4 Å². The van der Waals surface area contributed by atoms with Gasteiger partial charge in [0.15, 0.2) is 5.78 Å². The summed E-state index contributed by atoms with van der Waals surface area (Å²) in [5.41, 5.74) is 2.94. The third-order valence-corrected chi connectivity index (χ3v) is 6.44. The van der Waals surface area contributed by atoms with Gasteiger partial charge in [0.25, 0.3) is 0 Å². The number of carbonyl (C=O) groups is 1. The summed E-state index contributed by atoms with van der Waals surface area (Å²) in [7, 11) is 0. The van der Waals surface area contributed by atoms with Gasteiger partial charge in [-0.1, -0.05) is 20.8 Å². The third-order valence-electron chi connectivity index (χ3n) is 6.44. The Morgan fingerprint density at radius 2 is 2.00 bits per heavy atom. The zero-order chi connectivity index (χ0) is 22.3. The summed E-state index contributed by atoms with van der Waals surface area (Å²) in [5, 5.41) is 27.3. The fourth-order valence-electron chi connectivity index (χ4n) is 4.87. The molecule has 0 amide bonds. The molecule has 31 heavy (non-hydrogen) atoms. The number of aliphatic hydroxyl groups is 1. The number of nitrogens with one attached hydrogen (secondary N) is 1. The maximum absolute atomic E-state index is 15.0. The van der Waals surface area contributed by atoms with E-state index in [-0.39, 0.29) is 28.9 Å². The minimum atomic E-state index is -0.609. The highest BCUT2D eigenvalue weighted by Gasteiger charge is 2.36. The maximum Gasteiger partial charge on any atom is 0.167 e. The minimum absolute atomic E-state index is 0.0250. The van der Waals surface area contributed by atoms with Crippen molar-refractivity contribution >= 4 is 11.5 Å². The molecular weight excluding hydrogens is 395 g/mol. The van der Waals surface area contributed by atoms with Crippen molar-refractivity contribution in [3.8, 4) is 11.8 Å². The van der Waals surface area contributed by atoms with E-state index in [1.54, 1.807) is 10.7 Å². The number of aliphatic hydroxyl groups excluding tert-OH is 1. The second kappa shape index (κ2) is 8.08. The number of benzene rings is 1. The van der Waals surface area contributed by atoms with E-state index in [1.165, 1.54) is 6.07 Å². The molecule has 0 radical (unpaired) electrons. The number of hydrogen-bond donors (Lipinski definition) is 2. The van der Waals surface area contributed by atoms with Crippen LogP contribution in [0, 0.1) is 22.6 Å². The van der Waals surface area contributed by atoms with E-state index >= 15 is 0 Å². The van der Waals surface area contributed by atoms with Crippen LogP contribution in [0.1, 0.15) is 80.2 Å². The van der Waals surface area contributed by atoms with Crippen molar-refractivity contribution in [2.45, 2.75) is 77.9 Å². The fraction of sp³-hybridized carbons (Fsp3) is 0.542. The lowest BCUT2D eigenvalue weighted by Crippen LogP contribution is -2.29. The topological polar surface area (TPSA) is 90.9 Å². The third kappa shape index (κ3) is 4.09. The van der Waals surface area contributed by atoms with E-state index in [2.05, 4.69) is 24.3 Å². The van der Waals surface area contributed by atoms with Crippen LogP contribution in [0.15, 0.2) is 12.1 Å². The number of nitriles is 1. The molecule has 0 bridgehead atoms. The lowest BCUT2D eigenvalue weighted by Gasteiger charge is -2.29. The molecule has 6 nitrogen and oxygen atoms in total. The molecule has 1 aromatic heterocycles. The van der Waals surface area contributed by atoms with Crippen LogP contribution >= 0.6 is 0 Å².